The zero-order chi connectivity index (χ0) is 20.4. The van der Waals surface area contributed by atoms with E-state index in [2.05, 4.69) is 4.98 Å². The van der Waals surface area contributed by atoms with E-state index in [1.807, 2.05) is 36.4 Å². The van der Waals surface area contributed by atoms with Gasteiger partial charge in [-0.05, 0) is 30.3 Å². The summed E-state index contributed by atoms with van der Waals surface area (Å²) in [4.78, 5) is 4.60. The van der Waals surface area contributed by atoms with Crippen LogP contribution in [-0.4, -0.2) is 10.1 Å². The van der Waals surface area contributed by atoms with Gasteiger partial charge >= 0.3 is 6.18 Å². The lowest BCUT2D eigenvalue weighted by Gasteiger charge is -2.06. The highest BCUT2D eigenvalue weighted by Crippen LogP contribution is 2.34. The SMILES string of the molecule is OCc1cc(-c2ccc(C(F)(F)F)cc2)oc1CSc1ccc2ccccc2n1. The molecule has 1 N–H and O–H groups in total. The number of aromatic nitrogens is 1. The number of aliphatic hydroxyl groups excluding tert-OH is 1. The Labute approximate surface area is 169 Å². The summed E-state index contributed by atoms with van der Waals surface area (Å²) in [5.41, 5.74) is 1.30. The van der Waals surface area contributed by atoms with E-state index in [1.165, 1.54) is 23.9 Å². The molecule has 2 aromatic heterocycles. The maximum atomic E-state index is 12.7. The minimum Gasteiger partial charge on any atom is -0.460 e. The molecule has 0 spiro atoms. The Morgan fingerprint density at radius 2 is 1.72 bits per heavy atom. The van der Waals surface area contributed by atoms with E-state index in [0.717, 1.165) is 28.1 Å². The van der Waals surface area contributed by atoms with Gasteiger partial charge in [0.25, 0.3) is 0 Å². The van der Waals surface area contributed by atoms with Crippen LogP contribution in [0.3, 0.4) is 0 Å². The molecule has 7 heteroatoms. The van der Waals surface area contributed by atoms with Gasteiger partial charge in [-0.3, -0.25) is 0 Å². The van der Waals surface area contributed by atoms with Crippen LogP contribution in [0, 0.1) is 0 Å². The van der Waals surface area contributed by atoms with Gasteiger partial charge < -0.3 is 9.52 Å². The van der Waals surface area contributed by atoms with E-state index in [-0.39, 0.29) is 6.61 Å². The Morgan fingerprint density at radius 3 is 2.45 bits per heavy atom. The third-order valence-electron chi connectivity index (χ3n) is 4.49. The Kier molecular flexibility index (Phi) is 5.34. The second kappa shape index (κ2) is 7.93. The molecule has 0 atom stereocenters. The Balaban J connectivity index is 1.54. The summed E-state index contributed by atoms with van der Waals surface area (Å²) < 4.78 is 44.1. The van der Waals surface area contributed by atoms with Gasteiger partial charge in [0.15, 0.2) is 0 Å². The van der Waals surface area contributed by atoms with Crippen molar-refractivity contribution in [2.45, 2.75) is 23.6 Å². The lowest BCUT2D eigenvalue weighted by atomic mass is 10.1. The number of alkyl halides is 3. The van der Waals surface area contributed by atoms with Crippen LogP contribution in [0.4, 0.5) is 13.2 Å². The van der Waals surface area contributed by atoms with E-state index in [0.29, 0.717) is 28.4 Å². The van der Waals surface area contributed by atoms with Gasteiger partial charge in [-0.2, -0.15) is 13.2 Å². The first-order chi connectivity index (χ1) is 13.9. The van der Waals surface area contributed by atoms with E-state index in [1.54, 1.807) is 6.07 Å². The van der Waals surface area contributed by atoms with Crippen molar-refractivity contribution in [2.24, 2.45) is 0 Å². The first-order valence-electron chi connectivity index (χ1n) is 8.83. The monoisotopic (exact) mass is 415 g/mol. The Morgan fingerprint density at radius 1 is 0.966 bits per heavy atom. The largest absolute Gasteiger partial charge is 0.460 e. The minimum absolute atomic E-state index is 0.217. The third kappa shape index (κ3) is 4.31. The molecule has 0 aliphatic carbocycles. The maximum Gasteiger partial charge on any atom is 0.416 e. The third-order valence-corrected chi connectivity index (χ3v) is 5.42. The number of aliphatic hydroxyl groups is 1. The molecule has 0 bridgehead atoms. The van der Waals surface area contributed by atoms with Gasteiger partial charge in [0.2, 0.25) is 0 Å². The number of hydrogen-bond donors (Lipinski definition) is 1. The molecule has 148 valence electrons. The summed E-state index contributed by atoms with van der Waals surface area (Å²) in [6, 6.07) is 18.2. The molecule has 0 saturated carbocycles. The number of nitrogens with zero attached hydrogens (tertiary/aromatic N) is 1. The molecule has 4 rings (SSSR count). The van der Waals surface area contributed by atoms with Crippen molar-refractivity contribution < 1.29 is 22.7 Å². The first-order valence-corrected chi connectivity index (χ1v) is 9.81. The minimum atomic E-state index is -4.38. The van der Waals surface area contributed by atoms with Crippen LogP contribution in [0.5, 0.6) is 0 Å². The number of rotatable bonds is 5. The van der Waals surface area contributed by atoms with Gasteiger partial charge in [0, 0.05) is 16.5 Å². The molecular formula is C22H16F3NO2S. The molecular weight excluding hydrogens is 399 g/mol. The summed E-state index contributed by atoms with van der Waals surface area (Å²) in [7, 11) is 0. The highest BCUT2D eigenvalue weighted by molar-refractivity contribution is 7.98. The van der Waals surface area contributed by atoms with Crippen LogP contribution in [0.25, 0.3) is 22.2 Å². The molecule has 0 radical (unpaired) electrons. The summed E-state index contributed by atoms with van der Waals surface area (Å²) in [5, 5.41) is 11.5. The molecule has 29 heavy (non-hydrogen) atoms. The Bertz CT molecular complexity index is 1140. The number of pyridine rings is 1. The van der Waals surface area contributed by atoms with Gasteiger partial charge in [-0.25, -0.2) is 4.98 Å². The van der Waals surface area contributed by atoms with Gasteiger partial charge in [0.05, 0.1) is 28.5 Å². The Hall–Kier alpha value is -2.77. The van der Waals surface area contributed by atoms with E-state index < -0.39 is 11.7 Å². The fourth-order valence-corrected chi connectivity index (χ4v) is 3.81. The number of thioether (sulfide) groups is 1. The zero-order valence-electron chi connectivity index (χ0n) is 15.1. The van der Waals surface area contributed by atoms with Crippen LogP contribution in [0.15, 0.2) is 76.2 Å². The molecule has 0 saturated heterocycles. The second-order valence-electron chi connectivity index (χ2n) is 6.42. The number of para-hydroxylation sites is 1. The number of furan rings is 1. The molecule has 0 aliphatic heterocycles. The van der Waals surface area contributed by atoms with Crippen molar-refractivity contribution in [3.8, 4) is 11.3 Å². The predicted molar refractivity (Wildman–Crippen MR) is 106 cm³/mol. The average Bonchev–Trinajstić information content (AvgIpc) is 3.15. The number of halogens is 3. The topological polar surface area (TPSA) is 46.3 Å². The van der Waals surface area contributed by atoms with Crippen molar-refractivity contribution in [2.75, 3.05) is 0 Å². The van der Waals surface area contributed by atoms with Crippen LogP contribution >= 0.6 is 11.8 Å². The average molecular weight is 415 g/mol. The summed E-state index contributed by atoms with van der Waals surface area (Å²) in [5.74, 6) is 1.44. The standard InChI is InChI=1S/C22H16F3NO2S/c23-22(24,25)17-8-5-15(6-9-17)19-11-16(12-27)20(28-19)13-29-21-10-7-14-3-1-2-4-18(14)26-21/h1-11,27H,12-13H2. The molecule has 4 aromatic rings. The molecule has 0 aliphatic rings. The van der Waals surface area contributed by atoms with E-state index in [9.17, 15) is 18.3 Å². The summed E-state index contributed by atoms with van der Waals surface area (Å²) >= 11 is 1.47. The van der Waals surface area contributed by atoms with Crippen molar-refractivity contribution in [3.05, 3.63) is 83.6 Å². The molecule has 2 aromatic carbocycles. The van der Waals surface area contributed by atoms with Crippen molar-refractivity contribution in [1.29, 1.82) is 0 Å². The molecule has 0 unspecified atom stereocenters. The van der Waals surface area contributed by atoms with Crippen LogP contribution in [0.1, 0.15) is 16.9 Å². The first kappa shape index (κ1) is 19.5. The van der Waals surface area contributed by atoms with Crippen LogP contribution in [0.2, 0.25) is 0 Å². The fraction of sp³-hybridized carbons (Fsp3) is 0.136. The number of benzene rings is 2. The van der Waals surface area contributed by atoms with Crippen molar-refractivity contribution >= 4 is 22.7 Å². The summed E-state index contributed by atoms with van der Waals surface area (Å²) in [6.07, 6.45) is -4.38. The molecule has 0 fully saturated rings. The van der Waals surface area contributed by atoms with Crippen LogP contribution in [-0.2, 0) is 18.5 Å². The highest BCUT2D eigenvalue weighted by Gasteiger charge is 2.30. The van der Waals surface area contributed by atoms with Gasteiger partial charge in [-0.15, -0.1) is 0 Å². The summed E-state index contributed by atoms with van der Waals surface area (Å²) in [6.45, 7) is -0.217. The van der Waals surface area contributed by atoms with Crippen LogP contribution < -0.4 is 0 Å². The highest BCUT2D eigenvalue weighted by atomic mass is 32.2. The normalized spacial score (nSPS) is 11.9. The smallest absolute Gasteiger partial charge is 0.416 e. The lowest BCUT2D eigenvalue weighted by molar-refractivity contribution is -0.137. The lowest BCUT2D eigenvalue weighted by Crippen LogP contribution is -2.03. The van der Waals surface area contributed by atoms with Crippen molar-refractivity contribution in [1.82, 2.24) is 4.98 Å². The van der Waals surface area contributed by atoms with Crippen molar-refractivity contribution in [3.63, 3.8) is 0 Å². The second-order valence-corrected chi connectivity index (χ2v) is 7.42. The number of fused-ring (bicyclic) bond motifs is 1. The maximum absolute atomic E-state index is 12.7. The molecule has 3 nitrogen and oxygen atoms in total. The molecule has 0 amide bonds. The predicted octanol–water partition coefficient (Wildman–Crippen LogP) is 6.30. The molecule has 2 heterocycles. The van der Waals surface area contributed by atoms with E-state index in [4.69, 9.17) is 4.42 Å². The zero-order valence-corrected chi connectivity index (χ0v) is 15.9. The fourth-order valence-electron chi connectivity index (χ4n) is 2.96. The number of hydrogen-bond acceptors (Lipinski definition) is 4. The van der Waals surface area contributed by atoms with Gasteiger partial charge in [-0.1, -0.05) is 48.2 Å². The van der Waals surface area contributed by atoms with Gasteiger partial charge in [0.1, 0.15) is 11.5 Å². The van der Waals surface area contributed by atoms with E-state index >= 15 is 0 Å². The quantitative estimate of drug-likeness (QED) is 0.389.